The van der Waals surface area contributed by atoms with E-state index >= 15 is 0 Å². The number of hydrogen-bond acceptors (Lipinski definition) is 4. The van der Waals surface area contributed by atoms with E-state index in [4.69, 9.17) is 31.9 Å². The van der Waals surface area contributed by atoms with E-state index in [1.165, 1.54) is 0 Å². The van der Waals surface area contributed by atoms with E-state index in [0.717, 1.165) is 6.42 Å². The smallest absolute Gasteiger partial charge is 0.325 e. The molecule has 5 nitrogen and oxygen atoms in total. The fraction of sp³-hybridized carbons (Fsp3) is 0.364. The number of hydrogen-bond donors (Lipinski definition) is 2. The average Bonchev–Trinajstić information content (AvgIpc) is 2.53. The molecule has 0 fully saturated rings. The highest BCUT2D eigenvalue weighted by atomic mass is 35.5. The lowest BCUT2D eigenvalue weighted by molar-refractivity contribution is -0.138. The van der Waals surface area contributed by atoms with Crippen LogP contribution < -0.4 is 15.2 Å². The van der Waals surface area contributed by atoms with Crippen LogP contribution in [0.15, 0.2) is 12.1 Å². The van der Waals surface area contributed by atoms with Crippen LogP contribution in [0, 0.1) is 0 Å². The van der Waals surface area contributed by atoms with Gasteiger partial charge in [0.15, 0.2) is 11.5 Å². The fourth-order valence-corrected chi connectivity index (χ4v) is 1.91. The van der Waals surface area contributed by atoms with Crippen LogP contribution in [0.2, 0.25) is 5.02 Å². The van der Waals surface area contributed by atoms with Crippen molar-refractivity contribution in [2.75, 3.05) is 13.2 Å². The molecule has 92 valence electrons. The Balaban J connectivity index is 2.52. The molecule has 0 aliphatic carbocycles. The lowest BCUT2D eigenvalue weighted by Gasteiger charge is -2.16. The number of halogens is 1. The van der Waals surface area contributed by atoms with Gasteiger partial charge in [-0.25, -0.2) is 0 Å². The minimum atomic E-state index is -1.22. The number of aliphatic carboxylic acids is 1. The van der Waals surface area contributed by atoms with Gasteiger partial charge in [0.2, 0.25) is 0 Å². The SMILES string of the molecule is NC(C(=O)O)c1c(Cl)ccc2c1OCCCO2. The Morgan fingerprint density at radius 2 is 2.12 bits per heavy atom. The van der Waals surface area contributed by atoms with Gasteiger partial charge in [-0.15, -0.1) is 0 Å². The molecule has 1 aromatic carbocycles. The van der Waals surface area contributed by atoms with Crippen LogP contribution in [0.3, 0.4) is 0 Å². The van der Waals surface area contributed by atoms with Gasteiger partial charge < -0.3 is 20.3 Å². The highest BCUT2D eigenvalue weighted by molar-refractivity contribution is 6.32. The van der Waals surface area contributed by atoms with Crippen molar-refractivity contribution in [2.45, 2.75) is 12.5 Å². The molecular weight excluding hydrogens is 246 g/mol. The molecule has 1 unspecified atom stereocenters. The van der Waals surface area contributed by atoms with Gasteiger partial charge in [0.1, 0.15) is 6.04 Å². The summed E-state index contributed by atoms with van der Waals surface area (Å²) in [6, 6.07) is 1.99. The maximum Gasteiger partial charge on any atom is 0.325 e. The summed E-state index contributed by atoms with van der Waals surface area (Å²) in [6.07, 6.45) is 0.730. The number of carbonyl (C=O) groups is 1. The van der Waals surface area contributed by atoms with Crippen LogP contribution in [0.5, 0.6) is 11.5 Å². The lowest BCUT2D eigenvalue weighted by atomic mass is 10.1. The minimum Gasteiger partial charge on any atom is -0.490 e. The van der Waals surface area contributed by atoms with Crippen molar-refractivity contribution in [1.82, 2.24) is 0 Å². The van der Waals surface area contributed by atoms with Gasteiger partial charge in [0.05, 0.1) is 13.2 Å². The summed E-state index contributed by atoms with van der Waals surface area (Å²) >= 11 is 5.97. The molecule has 0 aromatic heterocycles. The summed E-state index contributed by atoms with van der Waals surface area (Å²) in [5, 5.41) is 9.22. The molecule has 0 spiro atoms. The monoisotopic (exact) mass is 257 g/mol. The second-order valence-corrected chi connectivity index (χ2v) is 4.06. The second-order valence-electron chi connectivity index (χ2n) is 3.65. The third-order valence-corrected chi connectivity index (χ3v) is 2.81. The van der Waals surface area contributed by atoms with Crippen molar-refractivity contribution in [3.63, 3.8) is 0 Å². The zero-order valence-corrected chi connectivity index (χ0v) is 9.74. The minimum absolute atomic E-state index is 0.263. The first-order valence-electron chi connectivity index (χ1n) is 5.17. The van der Waals surface area contributed by atoms with Crippen molar-refractivity contribution >= 4 is 17.6 Å². The largest absolute Gasteiger partial charge is 0.490 e. The summed E-state index contributed by atoms with van der Waals surface area (Å²) in [7, 11) is 0. The van der Waals surface area contributed by atoms with Crippen LogP contribution in [-0.2, 0) is 4.79 Å². The molecule has 1 heterocycles. The molecule has 1 aliphatic heterocycles. The van der Waals surface area contributed by atoms with Crippen molar-refractivity contribution in [2.24, 2.45) is 5.73 Å². The number of rotatable bonds is 2. The van der Waals surface area contributed by atoms with E-state index < -0.39 is 12.0 Å². The summed E-state index contributed by atoms with van der Waals surface area (Å²) in [4.78, 5) is 10.9. The van der Waals surface area contributed by atoms with Gasteiger partial charge in [-0.05, 0) is 12.1 Å². The molecule has 0 saturated heterocycles. The van der Waals surface area contributed by atoms with E-state index in [1.54, 1.807) is 12.1 Å². The summed E-state index contributed by atoms with van der Waals surface area (Å²) < 4.78 is 10.9. The van der Waals surface area contributed by atoms with Gasteiger partial charge >= 0.3 is 5.97 Å². The molecule has 2 rings (SSSR count). The highest BCUT2D eigenvalue weighted by Gasteiger charge is 2.26. The lowest BCUT2D eigenvalue weighted by Crippen LogP contribution is -2.22. The molecule has 1 atom stereocenters. The van der Waals surface area contributed by atoms with Crippen LogP contribution in [0.4, 0.5) is 0 Å². The molecule has 0 radical (unpaired) electrons. The Hall–Kier alpha value is -1.46. The fourth-order valence-electron chi connectivity index (χ4n) is 1.65. The van der Waals surface area contributed by atoms with Gasteiger partial charge in [-0.3, -0.25) is 4.79 Å². The van der Waals surface area contributed by atoms with Gasteiger partial charge in [-0.1, -0.05) is 11.6 Å². The molecular formula is C11H12ClNO4. The Morgan fingerprint density at radius 1 is 1.41 bits per heavy atom. The Bertz CT molecular complexity index is 449. The van der Waals surface area contributed by atoms with Crippen molar-refractivity contribution < 1.29 is 19.4 Å². The van der Waals surface area contributed by atoms with Gasteiger partial charge in [-0.2, -0.15) is 0 Å². The number of carboxylic acids is 1. The summed E-state index contributed by atoms with van der Waals surface area (Å²) in [5.41, 5.74) is 5.86. The molecule has 0 amide bonds. The molecule has 6 heteroatoms. The number of ether oxygens (including phenoxy) is 2. The number of carboxylic acid groups (broad SMARTS) is 1. The average molecular weight is 258 g/mol. The Kier molecular flexibility index (Phi) is 3.40. The van der Waals surface area contributed by atoms with E-state index in [2.05, 4.69) is 0 Å². The molecule has 1 aromatic rings. The standard InChI is InChI=1S/C11H12ClNO4/c12-6-2-3-7-10(17-5-1-4-16-7)8(6)9(13)11(14)15/h2-3,9H,1,4-5,13H2,(H,14,15). The van der Waals surface area contributed by atoms with Crippen molar-refractivity contribution in [3.05, 3.63) is 22.7 Å². The van der Waals surface area contributed by atoms with E-state index in [0.29, 0.717) is 24.7 Å². The normalized spacial score (nSPS) is 16.1. The maximum atomic E-state index is 10.9. The maximum absolute atomic E-state index is 10.9. The second kappa shape index (κ2) is 4.81. The first-order valence-corrected chi connectivity index (χ1v) is 5.55. The summed E-state index contributed by atoms with van der Waals surface area (Å²) in [5.74, 6) is -0.336. The van der Waals surface area contributed by atoms with E-state index in [9.17, 15) is 4.79 Å². The molecule has 3 N–H and O–H groups in total. The number of fused-ring (bicyclic) bond motifs is 1. The van der Waals surface area contributed by atoms with E-state index in [1.807, 2.05) is 0 Å². The molecule has 0 bridgehead atoms. The van der Waals surface area contributed by atoms with Crippen LogP contribution in [-0.4, -0.2) is 24.3 Å². The highest BCUT2D eigenvalue weighted by Crippen LogP contribution is 2.40. The van der Waals surface area contributed by atoms with Crippen LogP contribution in [0.25, 0.3) is 0 Å². The number of nitrogens with two attached hydrogens (primary N) is 1. The molecule has 1 aliphatic rings. The summed E-state index contributed by atoms with van der Waals surface area (Å²) in [6.45, 7) is 0.975. The molecule has 0 saturated carbocycles. The van der Waals surface area contributed by atoms with Gasteiger partial charge in [0, 0.05) is 17.0 Å². The van der Waals surface area contributed by atoms with Crippen LogP contribution >= 0.6 is 11.6 Å². The third kappa shape index (κ3) is 2.30. The first-order chi connectivity index (χ1) is 8.11. The van der Waals surface area contributed by atoms with Crippen molar-refractivity contribution in [3.8, 4) is 11.5 Å². The zero-order valence-electron chi connectivity index (χ0n) is 8.98. The predicted molar refractivity (Wildman–Crippen MR) is 61.6 cm³/mol. The zero-order chi connectivity index (χ0) is 12.4. The Morgan fingerprint density at radius 3 is 2.82 bits per heavy atom. The Labute approximate surface area is 103 Å². The number of benzene rings is 1. The van der Waals surface area contributed by atoms with Gasteiger partial charge in [0.25, 0.3) is 0 Å². The third-order valence-electron chi connectivity index (χ3n) is 2.48. The van der Waals surface area contributed by atoms with Crippen LogP contribution in [0.1, 0.15) is 18.0 Å². The first kappa shape index (κ1) is 12.0. The topological polar surface area (TPSA) is 81.8 Å². The quantitative estimate of drug-likeness (QED) is 0.841. The predicted octanol–water partition coefficient (Wildman–Crippen LogP) is 1.59. The molecule has 17 heavy (non-hydrogen) atoms. The van der Waals surface area contributed by atoms with Crippen molar-refractivity contribution in [1.29, 1.82) is 0 Å². The van der Waals surface area contributed by atoms with E-state index in [-0.39, 0.29) is 10.6 Å².